The second kappa shape index (κ2) is 6.62. The minimum absolute atomic E-state index is 0.151. The van der Waals surface area contributed by atoms with Gasteiger partial charge < -0.3 is 10.2 Å². The normalized spacial score (nSPS) is 16.4. The fraction of sp³-hybridized carbons (Fsp3) is 0.600. The van der Waals surface area contributed by atoms with Gasteiger partial charge in [0.25, 0.3) is 0 Å². The number of nitrogens with zero attached hydrogens (tertiary/aromatic N) is 1. The molecule has 0 aliphatic heterocycles. The monoisotopic (exact) mass is 282 g/mol. The fourth-order valence-corrected chi connectivity index (χ4v) is 2.88. The highest BCUT2D eigenvalue weighted by molar-refractivity contribution is 7.98. The summed E-state index contributed by atoms with van der Waals surface area (Å²) < 4.78 is 13.4. The van der Waals surface area contributed by atoms with Gasteiger partial charge in [0, 0.05) is 37.1 Å². The third-order valence-electron chi connectivity index (χ3n) is 3.65. The maximum atomic E-state index is 13.4. The Morgan fingerprint density at radius 1 is 1.47 bits per heavy atom. The van der Waals surface area contributed by atoms with Gasteiger partial charge in [-0.1, -0.05) is 0 Å². The molecular formula is C15H23FN2S. The fourth-order valence-electron chi connectivity index (χ4n) is 2.17. The average molecular weight is 282 g/mol. The lowest BCUT2D eigenvalue weighted by Gasteiger charge is -2.29. The largest absolute Gasteiger partial charge is 0.371 e. The van der Waals surface area contributed by atoms with Crippen molar-refractivity contribution < 1.29 is 4.39 Å². The molecule has 1 aliphatic carbocycles. The van der Waals surface area contributed by atoms with E-state index in [4.69, 9.17) is 0 Å². The van der Waals surface area contributed by atoms with E-state index in [9.17, 15) is 4.39 Å². The molecule has 1 fully saturated rings. The van der Waals surface area contributed by atoms with Gasteiger partial charge in [-0.05, 0) is 49.8 Å². The van der Waals surface area contributed by atoms with Gasteiger partial charge in [0.1, 0.15) is 5.82 Å². The predicted octanol–water partition coefficient (Wildman–Crippen LogP) is 3.27. The zero-order valence-corrected chi connectivity index (χ0v) is 12.8. The van der Waals surface area contributed by atoms with Gasteiger partial charge in [-0.15, -0.1) is 0 Å². The third-order valence-corrected chi connectivity index (χ3v) is 4.46. The number of anilines is 1. The summed E-state index contributed by atoms with van der Waals surface area (Å²) in [6.45, 7) is 2.96. The minimum Gasteiger partial charge on any atom is -0.371 e. The second-order valence-corrected chi connectivity index (χ2v) is 6.25. The summed E-state index contributed by atoms with van der Waals surface area (Å²) in [5.74, 6) is 0.922. The van der Waals surface area contributed by atoms with Gasteiger partial charge in [0.2, 0.25) is 0 Å². The molecule has 1 aromatic carbocycles. The molecule has 0 aromatic heterocycles. The smallest absolute Gasteiger partial charge is 0.123 e. The highest BCUT2D eigenvalue weighted by Crippen LogP contribution is 2.25. The molecule has 1 atom stereocenters. The van der Waals surface area contributed by atoms with Crippen molar-refractivity contribution in [1.82, 2.24) is 5.32 Å². The molecule has 19 heavy (non-hydrogen) atoms. The summed E-state index contributed by atoms with van der Waals surface area (Å²) in [5.41, 5.74) is 2.19. The van der Waals surface area contributed by atoms with E-state index in [1.807, 2.05) is 17.8 Å². The molecule has 0 amide bonds. The van der Waals surface area contributed by atoms with Crippen molar-refractivity contribution in [2.45, 2.75) is 38.4 Å². The minimum atomic E-state index is -0.151. The number of hydrogen-bond donors (Lipinski definition) is 1. The molecule has 0 saturated heterocycles. The maximum absolute atomic E-state index is 13.4. The SMILES string of the molecule is CSCC(C)N(C)c1ccc(F)cc1CNC1CC1. The Hall–Kier alpha value is -0.740. The molecule has 1 N–H and O–H groups in total. The summed E-state index contributed by atoms with van der Waals surface area (Å²) in [6, 6.07) is 6.20. The van der Waals surface area contributed by atoms with Crippen molar-refractivity contribution in [2.24, 2.45) is 0 Å². The lowest BCUT2D eigenvalue weighted by molar-refractivity contribution is 0.618. The Labute approximate surface area is 119 Å². The molecule has 0 spiro atoms. The number of nitrogens with one attached hydrogen (secondary N) is 1. The molecule has 1 saturated carbocycles. The number of benzene rings is 1. The molecule has 1 aliphatic rings. The topological polar surface area (TPSA) is 15.3 Å². The van der Waals surface area contributed by atoms with E-state index >= 15 is 0 Å². The first-order valence-electron chi connectivity index (χ1n) is 6.85. The quantitative estimate of drug-likeness (QED) is 0.826. The summed E-state index contributed by atoms with van der Waals surface area (Å²) in [6.07, 6.45) is 4.62. The first kappa shape index (κ1) is 14.7. The van der Waals surface area contributed by atoms with Crippen molar-refractivity contribution in [3.63, 3.8) is 0 Å². The second-order valence-electron chi connectivity index (χ2n) is 5.34. The Kier molecular flexibility index (Phi) is 5.11. The van der Waals surface area contributed by atoms with E-state index in [0.717, 1.165) is 23.5 Å². The lowest BCUT2D eigenvalue weighted by Crippen LogP contribution is -2.32. The van der Waals surface area contributed by atoms with E-state index in [2.05, 4.69) is 30.4 Å². The molecule has 0 heterocycles. The van der Waals surface area contributed by atoms with Crippen LogP contribution < -0.4 is 10.2 Å². The van der Waals surface area contributed by atoms with Crippen LogP contribution in [0.3, 0.4) is 0 Å². The molecule has 0 radical (unpaired) electrons. The Bertz CT molecular complexity index is 421. The van der Waals surface area contributed by atoms with E-state index in [1.54, 1.807) is 12.1 Å². The van der Waals surface area contributed by atoms with E-state index in [1.165, 1.54) is 12.8 Å². The van der Waals surface area contributed by atoms with Gasteiger partial charge in [-0.3, -0.25) is 0 Å². The van der Waals surface area contributed by atoms with Gasteiger partial charge >= 0.3 is 0 Å². The molecule has 1 unspecified atom stereocenters. The summed E-state index contributed by atoms with van der Waals surface area (Å²) >= 11 is 1.84. The van der Waals surface area contributed by atoms with E-state index in [0.29, 0.717) is 12.1 Å². The van der Waals surface area contributed by atoms with Crippen LogP contribution in [-0.2, 0) is 6.54 Å². The molecule has 0 bridgehead atoms. The highest BCUT2D eigenvalue weighted by atomic mass is 32.2. The lowest BCUT2D eigenvalue weighted by atomic mass is 10.1. The van der Waals surface area contributed by atoms with Gasteiger partial charge in [0.05, 0.1) is 0 Å². The molecule has 106 valence electrons. The molecule has 1 aromatic rings. The van der Waals surface area contributed by atoms with Crippen molar-refractivity contribution in [3.8, 4) is 0 Å². The zero-order valence-electron chi connectivity index (χ0n) is 11.9. The standard InChI is InChI=1S/C15H23FN2S/c1-11(10-19-3)18(2)15-7-4-13(16)8-12(15)9-17-14-5-6-14/h4,7-8,11,14,17H,5-6,9-10H2,1-3H3. The van der Waals surface area contributed by atoms with Gasteiger partial charge in [0.15, 0.2) is 0 Å². The van der Waals surface area contributed by atoms with Crippen LogP contribution in [-0.4, -0.2) is 31.1 Å². The molecule has 4 heteroatoms. The van der Waals surface area contributed by atoms with Crippen molar-refractivity contribution in [1.29, 1.82) is 0 Å². The highest BCUT2D eigenvalue weighted by Gasteiger charge is 2.21. The molecule has 2 rings (SSSR count). The van der Waals surface area contributed by atoms with Gasteiger partial charge in [-0.2, -0.15) is 11.8 Å². The van der Waals surface area contributed by atoms with E-state index < -0.39 is 0 Å². The van der Waals surface area contributed by atoms with Crippen LogP contribution in [0.15, 0.2) is 18.2 Å². The maximum Gasteiger partial charge on any atom is 0.123 e. The van der Waals surface area contributed by atoms with Crippen LogP contribution in [0.2, 0.25) is 0 Å². The zero-order chi connectivity index (χ0) is 13.8. The van der Waals surface area contributed by atoms with Crippen LogP contribution >= 0.6 is 11.8 Å². The number of halogens is 1. The Morgan fingerprint density at radius 2 is 2.21 bits per heavy atom. The molecule has 2 nitrogen and oxygen atoms in total. The Morgan fingerprint density at radius 3 is 2.84 bits per heavy atom. The summed E-state index contributed by atoms with van der Waals surface area (Å²) in [5, 5.41) is 3.47. The van der Waals surface area contributed by atoms with E-state index in [-0.39, 0.29) is 5.82 Å². The van der Waals surface area contributed by atoms with Crippen LogP contribution in [0.4, 0.5) is 10.1 Å². The first-order valence-corrected chi connectivity index (χ1v) is 8.24. The molecular weight excluding hydrogens is 259 g/mol. The van der Waals surface area contributed by atoms with Crippen LogP contribution in [0, 0.1) is 5.82 Å². The van der Waals surface area contributed by atoms with Crippen LogP contribution in [0.1, 0.15) is 25.3 Å². The van der Waals surface area contributed by atoms with Crippen molar-refractivity contribution in [3.05, 3.63) is 29.6 Å². The van der Waals surface area contributed by atoms with Crippen molar-refractivity contribution >= 4 is 17.4 Å². The third kappa shape index (κ3) is 4.11. The van der Waals surface area contributed by atoms with Crippen molar-refractivity contribution in [2.75, 3.05) is 24.0 Å². The number of thioether (sulfide) groups is 1. The van der Waals surface area contributed by atoms with Crippen LogP contribution in [0.25, 0.3) is 0 Å². The van der Waals surface area contributed by atoms with Crippen LogP contribution in [0.5, 0.6) is 0 Å². The first-order chi connectivity index (χ1) is 9.11. The number of hydrogen-bond acceptors (Lipinski definition) is 3. The average Bonchev–Trinajstić information content (AvgIpc) is 3.20. The predicted molar refractivity (Wildman–Crippen MR) is 82.5 cm³/mol. The summed E-state index contributed by atoms with van der Waals surface area (Å²) in [4.78, 5) is 2.25. The van der Waals surface area contributed by atoms with Gasteiger partial charge in [-0.25, -0.2) is 4.39 Å². The Balaban J connectivity index is 2.11. The summed E-state index contributed by atoms with van der Waals surface area (Å²) in [7, 11) is 2.09. The number of rotatable bonds is 7.